The van der Waals surface area contributed by atoms with Gasteiger partial charge in [0.2, 0.25) is 5.91 Å². The van der Waals surface area contributed by atoms with E-state index in [1.807, 2.05) is 42.5 Å². The van der Waals surface area contributed by atoms with E-state index in [0.717, 1.165) is 11.1 Å². The van der Waals surface area contributed by atoms with Gasteiger partial charge in [-0.1, -0.05) is 42.5 Å². The minimum absolute atomic E-state index is 0.00131. The fourth-order valence-corrected chi connectivity index (χ4v) is 3.99. The average Bonchev–Trinajstić information content (AvgIpc) is 2.92. The Labute approximate surface area is 193 Å². The molecule has 33 heavy (non-hydrogen) atoms. The maximum Gasteiger partial charge on any atom is 0.332 e. The Bertz CT molecular complexity index is 947. The summed E-state index contributed by atoms with van der Waals surface area (Å²) in [5.74, 6) is -0.734. The first-order valence-electron chi connectivity index (χ1n) is 11.0. The van der Waals surface area contributed by atoms with Crippen molar-refractivity contribution >= 4 is 17.8 Å². The Morgan fingerprint density at radius 1 is 1.06 bits per heavy atom. The van der Waals surface area contributed by atoms with Crippen LogP contribution in [0.4, 0.5) is 0 Å². The van der Waals surface area contributed by atoms with Gasteiger partial charge in [-0.15, -0.1) is 0 Å². The number of nitrogens with one attached hydrogen (secondary N) is 1. The Kier molecular flexibility index (Phi) is 8.43. The molecule has 0 aliphatic carbocycles. The van der Waals surface area contributed by atoms with Crippen molar-refractivity contribution in [2.24, 2.45) is 0 Å². The van der Waals surface area contributed by atoms with E-state index in [0.29, 0.717) is 12.2 Å². The molecule has 0 spiro atoms. The maximum absolute atomic E-state index is 13.2. The summed E-state index contributed by atoms with van der Waals surface area (Å²) in [6, 6.07) is 15.3. The van der Waals surface area contributed by atoms with Crippen LogP contribution < -0.4 is 10.1 Å². The lowest BCUT2D eigenvalue weighted by atomic mass is 9.95. The van der Waals surface area contributed by atoms with Crippen molar-refractivity contribution in [3.8, 4) is 5.75 Å². The first-order chi connectivity index (χ1) is 15.9. The zero-order valence-corrected chi connectivity index (χ0v) is 19.2. The number of carbonyl (C=O) groups excluding carboxylic acids is 3. The fourth-order valence-electron chi connectivity index (χ4n) is 3.99. The molecule has 2 aromatic carbocycles. The lowest BCUT2D eigenvalue weighted by Gasteiger charge is -2.35. The molecule has 1 fully saturated rings. The topological polar surface area (TPSA) is 94.2 Å². The molecule has 0 bridgehead atoms. The van der Waals surface area contributed by atoms with E-state index in [2.05, 4.69) is 5.32 Å². The molecule has 0 saturated carbocycles. The average molecular weight is 455 g/mol. The third-order valence-electron chi connectivity index (χ3n) is 5.52. The summed E-state index contributed by atoms with van der Waals surface area (Å²) in [5, 5.41) is 3.20. The van der Waals surface area contributed by atoms with Crippen molar-refractivity contribution in [2.75, 3.05) is 20.3 Å². The second-order valence-corrected chi connectivity index (χ2v) is 7.82. The first kappa shape index (κ1) is 24.3. The number of nitrogens with zero attached hydrogens (tertiary/aromatic N) is 1. The highest BCUT2D eigenvalue weighted by Crippen LogP contribution is 2.24. The first-order valence-corrected chi connectivity index (χ1v) is 11.0. The van der Waals surface area contributed by atoms with E-state index in [1.165, 1.54) is 11.8 Å². The van der Waals surface area contributed by atoms with E-state index in [1.54, 1.807) is 26.2 Å². The highest BCUT2D eigenvalue weighted by molar-refractivity contribution is 5.87. The van der Waals surface area contributed by atoms with Crippen LogP contribution in [-0.4, -0.2) is 61.2 Å². The summed E-state index contributed by atoms with van der Waals surface area (Å²) in [7, 11) is 1.58. The Morgan fingerprint density at radius 2 is 1.76 bits per heavy atom. The SMILES string of the molecule is CCOC(=O)[C@H]1C(OC(C)=O)[C@H](Cc2ccccc2)NCC(=O)N1Cc1ccc(OC)cc1. The monoisotopic (exact) mass is 454 g/mol. The van der Waals surface area contributed by atoms with Crippen molar-refractivity contribution in [2.45, 2.75) is 45.0 Å². The lowest BCUT2D eigenvalue weighted by Crippen LogP contribution is -2.56. The van der Waals surface area contributed by atoms with Gasteiger partial charge in [-0.05, 0) is 36.6 Å². The number of hydrogen-bond donors (Lipinski definition) is 1. The summed E-state index contributed by atoms with van der Waals surface area (Å²) in [4.78, 5) is 39.8. The smallest absolute Gasteiger partial charge is 0.332 e. The van der Waals surface area contributed by atoms with Crippen LogP contribution in [0, 0.1) is 0 Å². The molecular weight excluding hydrogens is 424 g/mol. The third kappa shape index (κ3) is 6.32. The van der Waals surface area contributed by atoms with Gasteiger partial charge in [0, 0.05) is 13.5 Å². The van der Waals surface area contributed by atoms with Crippen LogP contribution in [0.2, 0.25) is 0 Å². The van der Waals surface area contributed by atoms with Crippen LogP contribution >= 0.6 is 0 Å². The third-order valence-corrected chi connectivity index (χ3v) is 5.52. The van der Waals surface area contributed by atoms with E-state index >= 15 is 0 Å². The maximum atomic E-state index is 13.2. The predicted molar refractivity (Wildman–Crippen MR) is 121 cm³/mol. The minimum atomic E-state index is -1.09. The molecule has 1 amide bonds. The van der Waals surface area contributed by atoms with Crippen LogP contribution in [0.15, 0.2) is 54.6 Å². The molecule has 0 aromatic heterocycles. The molecule has 3 rings (SSSR count). The van der Waals surface area contributed by atoms with Crippen molar-refractivity contribution in [1.82, 2.24) is 10.2 Å². The fraction of sp³-hybridized carbons (Fsp3) is 0.400. The molecule has 1 aliphatic rings. The number of esters is 2. The van der Waals surface area contributed by atoms with Crippen LogP contribution in [0.1, 0.15) is 25.0 Å². The Hall–Kier alpha value is -3.39. The van der Waals surface area contributed by atoms with Crippen molar-refractivity contribution < 1.29 is 28.6 Å². The number of hydrogen-bond acceptors (Lipinski definition) is 7. The zero-order valence-electron chi connectivity index (χ0n) is 19.2. The zero-order chi connectivity index (χ0) is 23.8. The Balaban J connectivity index is 1.98. The van der Waals surface area contributed by atoms with Gasteiger partial charge in [-0.2, -0.15) is 0 Å². The molecule has 8 heteroatoms. The number of amides is 1. The highest BCUT2D eigenvalue weighted by Gasteiger charge is 2.46. The van der Waals surface area contributed by atoms with Gasteiger partial charge in [0.05, 0.1) is 26.3 Å². The molecule has 176 valence electrons. The van der Waals surface area contributed by atoms with Crippen molar-refractivity contribution in [3.63, 3.8) is 0 Å². The van der Waals surface area contributed by atoms with Gasteiger partial charge in [0.1, 0.15) is 11.9 Å². The molecule has 2 aromatic rings. The Morgan fingerprint density at radius 3 is 2.36 bits per heavy atom. The molecular formula is C25H30N2O6. The van der Waals surface area contributed by atoms with Crippen LogP contribution in [0.3, 0.4) is 0 Å². The minimum Gasteiger partial charge on any atom is -0.497 e. The normalized spacial score (nSPS) is 20.6. The van der Waals surface area contributed by atoms with E-state index in [9.17, 15) is 14.4 Å². The van der Waals surface area contributed by atoms with Gasteiger partial charge in [0.15, 0.2) is 6.04 Å². The van der Waals surface area contributed by atoms with Crippen LogP contribution in [0.25, 0.3) is 0 Å². The number of methoxy groups -OCH3 is 1. The number of ether oxygens (including phenoxy) is 3. The molecule has 1 heterocycles. The molecule has 1 aliphatic heterocycles. The molecule has 8 nitrogen and oxygen atoms in total. The van der Waals surface area contributed by atoms with Crippen LogP contribution in [-0.2, 0) is 36.8 Å². The summed E-state index contributed by atoms with van der Waals surface area (Å²) >= 11 is 0. The molecule has 0 radical (unpaired) electrons. The number of benzene rings is 2. The van der Waals surface area contributed by atoms with E-state index in [-0.39, 0.29) is 25.6 Å². The van der Waals surface area contributed by atoms with Crippen molar-refractivity contribution in [3.05, 3.63) is 65.7 Å². The van der Waals surface area contributed by atoms with E-state index < -0.39 is 30.1 Å². The molecule has 1 saturated heterocycles. The van der Waals surface area contributed by atoms with Gasteiger partial charge in [-0.3, -0.25) is 9.59 Å². The molecule has 3 atom stereocenters. The number of rotatable bonds is 8. The van der Waals surface area contributed by atoms with Crippen molar-refractivity contribution in [1.29, 1.82) is 0 Å². The van der Waals surface area contributed by atoms with Gasteiger partial charge < -0.3 is 24.4 Å². The van der Waals surface area contributed by atoms with Gasteiger partial charge >= 0.3 is 11.9 Å². The molecule has 1 N–H and O–H groups in total. The quantitative estimate of drug-likeness (QED) is 0.611. The van der Waals surface area contributed by atoms with Crippen LogP contribution in [0.5, 0.6) is 5.75 Å². The van der Waals surface area contributed by atoms with E-state index in [4.69, 9.17) is 14.2 Å². The summed E-state index contributed by atoms with van der Waals surface area (Å²) < 4.78 is 16.2. The second kappa shape index (κ2) is 11.5. The second-order valence-electron chi connectivity index (χ2n) is 7.82. The summed E-state index contributed by atoms with van der Waals surface area (Å²) in [5.41, 5.74) is 1.80. The summed E-state index contributed by atoms with van der Waals surface area (Å²) in [6.07, 6.45) is -0.454. The predicted octanol–water partition coefficient (Wildman–Crippen LogP) is 2.10. The largest absolute Gasteiger partial charge is 0.497 e. The van der Waals surface area contributed by atoms with Gasteiger partial charge in [0.25, 0.3) is 0 Å². The van der Waals surface area contributed by atoms with Gasteiger partial charge in [-0.25, -0.2) is 4.79 Å². The highest BCUT2D eigenvalue weighted by atomic mass is 16.6. The number of carbonyl (C=O) groups is 3. The lowest BCUT2D eigenvalue weighted by molar-refractivity contribution is -0.167. The standard InChI is InChI=1S/C25H30N2O6/c1-4-32-25(30)23-24(33-17(2)28)21(14-18-8-6-5-7-9-18)26-15-22(29)27(23)16-19-10-12-20(31-3)13-11-19/h5-13,21,23-24,26H,4,14-16H2,1-3H3/t21-,23+,24?/m0/s1. The summed E-state index contributed by atoms with van der Waals surface area (Å²) in [6.45, 7) is 3.29. The molecule has 1 unspecified atom stereocenters.